The SMILES string of the molecule is CP1CCC=CC=C1C1=CC=CCCC1. The van der Waals surface area contributed by atoms with Gasteiger partial charge in [0.1, 0.15) is 0 Å². The summed E-state index contributed by atoms with van der Waals surface area (Å²) in [5.74, 6) is 0. The van der Waals surface area contributed by atoms with Gasteiger partial charge in [-0.25, -0.2) is 0 Å². The second-order valence-electron chi connectivity index (χ2n) is 4.20. The maximum Gasteiger partial charge on any atom is -0.0211 e. The summed E-state index contributed by atoms with van der Waals surface area (Å²) >= 11 is 0. The molecular formula is C14H19P. The van der Waals surface area contributed by atoms with Gasteiger partial charge in [-0.3, -0.25) is 0 Å². The molecule has 0 bridgehead atoms. The summed E-state index contributed by atoms with van der Waals surface area (Å²) in [5.41, 5.74) is 1.59. The van der Waals surface area contributed by atoms with Crippen LogP contribution in [0.3, 0.4) is 0 Å². The second-order valence-corrected chi connectivity index (χ2v) is 6.53. The average Bonchev–Trinajstić information content (AvgIpc) is 2.59. The van der Waals surface area contributed by atoms with E-state index < -0.39 is 0 Å². The molecule has 0 N–H and O–H groups in total. The Bertz CT molecular complexity index is 331. The van der Waals surface area contributed by atoms with Gasteiger partial charge in [-0.15, -0.1) is 0 Å². The van der Waals surface area contributed by atoms with Crippen molar-refractivity contribution in [3.05, 3.63) is 47.3 Å². The summed E-state index contributed by atoms with van der Waals surface area (Å²) in [4.78, 5) is 0. The van der Waals surface area contributed by atoms with Crippen LogP contribution in [0, 0.1) is 0 Å². The lowest BCUT2D eigenvalue weighted by Crippen LogP contribution is -1.90. The standard InChI is InChI=1S/C14H19P/c1-15-12-8-4-7-11-14(15)13-9-5-2-3-6-10-13/h2,4-5,7,9,11H,3,6,8,10,12H2,1H3. The summed E-state index contributed by atoms with van der Waals surface area (Å²) < 4.78 is 0. The van der Waals surface area contributed by atoms with Gasteiger partial charge in [0.25, 0.3) is 0 Å². The molecule has 0 radical (unpaired) electrons. The Balaban J connectivity index is 2.20. The van der Waals surface area contributed by atoms with Gasteiger partial charge in [0, 0.05) is 0 Å². The first-order valence-electron chi connectivity index (χ1n) is 5.82. The quantitative estimate of drug-likeness (QED) is 0.564. The van der Waals surface area contributed by atoms with E-state index in [1.165, 1.54) is 31.8 Å². The van der Waals surface area contributed by atoms with Crippen LogP contribution in [-0.4, -0.2) is 12.8 Å². The topological polar surface area (TPSA) is 0 Å². The molecule has 1 atom stereocenters. The molecule has 1 aliphatic carbocycles. The number of hydrogen-bond acceptors (Lipinski definition) is 0. The lowest BCUT2D eigenvalue weighted by molar-refractivity contribution is 0.852. The maximum atomic E-state index is 2.42. The van der Waals surface area contributed by atoms with Crippen LogP contribution >= 0.6 is 7.92 Å². The molecule has 2 rings (SSSR count). The maximum absolute atomic E-state index is 2.42. The van der Waals surface area contributed by atoms with E-state index in [9.17, 15) is 0 Å². The van der Waals surface area contributed by atoms with Gasteiger partial charge in [0.2, 0.25) is 0 Å². The molecule has 0 aromatic carbocycles. The van der Waals surface area contributed by atoms with Crippen molar-refractivity contribution in [2.45, 2.75) is 25.7 Å². The highest BCUT2D eigenvalue weighted by atomic mass is 31.1. The molecule has 1 heterocycles. The summed E-state index contributed by atoms with van der Waals surface area (Å²) in [6, 6.07) is 0. The van der Waals surface area contributed by atoms with Gasteiger partial charge in [-0.05, 0) is 49.4 Å². The fourth-order valence-corrected chi connectivity index (χ4v) is 3.91. The van der Waals surface area contributed by atoms with E-state index in [0.717, 1.165) is 0 Å². The van der Waals surface area contributed by atoms with Crippen LogP contribution in [0.25, 0.3) is 0 Å². The van der Waals surface area contributed by atoms with E-state index in [2.05, 4.69) is 43.1 Å². The molecule has 0 amide bonds. The third-order valence-corrected chi connectivity index (χ3v) is 5.20. The molecule has 0 saturated heterocycles. The van der Waals surface area contributed by atoms with Crippen molar-refractivity contribution in [2.24, 2.45) is 0 Å². The van der Waals surface area contributed by atoms with Crippen molar-refractivity contribution in [1.29, 1.82) is 0 Å². The second kappa shape index (κ2) is 5.47. The van der Waals surface area contributed by atoms with Crippen LogP contribution < -0.4 is 0 Å². The van der Waals surface area contributed by atoms with Crippen molar-refractivity contribution in [2.75, 3.05) is 12.8 Å². The van der Waals surface area contributed by atoms with Crippen LogP contribution in [0.2, 0.25) is 0 Å². The van der Waals surface area contributed by atoms with Gasteiger partial charge in [0.15, 0.2) is 0 Å². The van der Waals surface area contributed by atoms with Crippen LogP contribution in [0.4, 0.5) is 0 Å². The monoisotopic (exact) mass is 218 g/mol. The normalized spacial score (nSPS) is 26.6. The first-order chi connectivity index (χ1) is 7.38. The van der Waals surface area contributed by atoms with Gasteiger partial charge < -0.3 is 0 Å². The minimum atomic E-state index is 0.0801. The van der Waals surface area contributed by atoms with E-state index in [0.29, 0.717) is 0 Å². The molecular weight excluding hydrogens is 199 g/mol. The predicted octanol–water partition coefficient (Wildman–Crippen LogP) is 4.61. The fourth-order valence-electron chi connectivity index (χ4n) is 2.11. The number of allylic oxidation sites excluding steroid dienone is 8. The van der Waals surface area contributed by atoms with Crippen molar-refractivity contribution < 1.29 is 0 Å². The summed E-state index contributed by atoms with van der Waals surface area (Å²) in [6.45, 7) is 2.42. The lowest BCUT2D eigenvalue weighted by atomic mass is 10.1. The molecule has 0 saturated carbocycles. The molecule has 2 aliphatic rings. The Labute approximate surface area is 94.2 Å². The molecule has 1 heteroatoms. The third kappa shape index (κ3) is 2.92. The Morgan fingerprint density at radius 2 is 1.87 bits per heavy atom. The fraction of sp³-hybridized carbons (Fsp3) is 0.429. The minimum absolute atomic E-state index is 0.0801. The predicted molar refractivity (Wildman–Crippen MR) is 70.6 cm³/mol. The van der Waals surface area contributed by atoms with Crippen molar-refractivity contribution in [3.8, 4) is 0 Å². The van der Waals surface area contributed by atoms with Crippen LogP contribution in [0.1, 0.15) is 25.7 Å². The van der Waals surface area contributed by atoms with E-state index in [4.69, 9.17) is 0 Å². The largest absolute Gasteiger partial charge is 0.0845 e. The molecule has 1 aliphatic heterocycles. The van der Waals surface area contributed by atoms with Crippen LogP contribution in [0.5, 0.6) is 0 Å². The smallest absolute Gasteiger partial charge is 0.0211 e. The number of rotatable bonds is 1. The van der Waals surface area contributed by atoms with Gasteiger partial charge in [-0.2, -0.15) is 0 Å². The third-order valence-electron chi connectivity index (χ3n) is 3.01. The Kier molecular flexibility index (Phi) is 3.97. The molecule has 0 spiro atoms. The Hall–Kier alpha value is -0.610. The lowest BCUT2D eigenvalue weighted by Gasteiger charge is -2.17. The molecule has 1 unspecified atom stereocenters. The molecule has 0 aromatic heterocycles. The van der Waals surface area contributed by atoms with Crippen molar-refractivity contribution in [1.82, 2.24) is 0 Å². The van der Waals surface area contributed by atoms with E-state index in [-0.39, 0.29) is 7.92 Å². The Morgan fingerprint density at radius 3 is 2.80 bits per heavy atom. The number of hydrogen-bond donors (Lipinski definition) is 0. The zero-order valence-corrected chi connectivity index (χ0v) is 10.3. The summed E-state index contributed by atoms with van der Waals surface area (Å²) in [5, 5.41) is 1.63. The van der Waals surface area contributed by atoms with Gasteiger partial charge >= 0.3 is 0 Å². The summed E-state index contributed by atoms with van der Waals surface area (Å²) in [7, 11) is 0.0801. The molecule has 0 fully saturated rings. The molecule has 0 aromatic rings. The average molecular weight is 218 g/mol. The van der Waals surface area contributed by atoms with E-state index in [1.807, 2.05) is 0 Å². The molecule has 80 valence electrons. The van der Waals surface area contributed by atoms with E-state index in [1.54, 1.807) is 10.9 Å². The van der Waals surface area contributed by atoms with Crippen LogP contribution in [0.15, 0.2) is 47.3 Å². The minimum Gasteiger partial charge on any atom is -0.0845 e. The molecule has 15 heavy (non-hydrogen) atoms. The Morgan fingerprint density at radius 1 is 1.07 bits per heavy atom. The van der Waals surface area contributed by atoms with Gasteiger partial charge in [-0.1, -0.05) is 44.4 Å². The van der Waals surface area contributed by atoms with Gasteiger partial charge in [0.05, 0.1) is 0 Å². The summed E-state index contributed by atoms with van der Waals surface area (Å²) in [6.07, 6.45) is 20.2. The van der Waals surface area contributed by atoms with Crippen molar-refractivity contribution in [3.63, 3.8) is 0 Å². The zero-order chi connectivity index (χ0) is 10.5. The highest BCUT2D eigenvalue weighted by Crippen LogP contribution is 2.47. The molecule has 0 nitrogen and oxygen atoms in total. The first kappa shape index (κ1) is 10.9. The first-order valence-corrected chi connectivity index (χ1v) is 7.79. The van der Waals surface area contributed by atoms with Crippen molar-refractivity contribution >= 4 is 7.92 Å². The zero-order valence-electron chi connectivity index (χ0n) is 9.45. The van der Waals surface area contributed by atoms with E-state index >= 15 is 0 Å². The highest BCUT2D eigenvalue weighted by molar-refractivity contribution is 7.61. The van der Waals surface area contributed by atoms with Crippen LogP contribution in [-0.2, 0) is 0 Å². The highest BCUT2D eigenvalue weighted by Gasteiger charge is 2.13.